The molecule has 0 spiro atoms. The Morgan fingerprint density at radius 1 is 1.53 bits per heavy atom. The van der Waals surface area contributed by atoms with Crippen molar-refractivity contribution in [1.29, 1.82) is 0 Å². The van der Waals surface area contributed by atoms with Crippen LogP contribution in [0.5, 0.6) is 5.75 Å². The van der Waals surface area contributed by atoms with Gasteiger partial charge in [-0.2, -0.15) is 0 Å². The molecule has 15 heavy (non-hydrogen) atoms. The van der Waals surface area contributed by atoms with E-state index in [4.69, 9.17) is 4.74 Å². The van der Waals surface area contributed by atoms with Crippen molar-refractivity contribution in [2.24, 2.45) is 0 Å². The third-order valence-electron chi connectivity index (χ3n) is 2.18. The molecule has 1 saturated carbocycles. The second kappa shape index (κ2) is 4.10. The summed E-state index contributed by atoms with van der Waals surface area (Å²) in [5.41, 5.74) is 0.0637. The van der Waals surface area contributed by atoms with Gasteiger partial charge in [-0.05, 0) is 25.2 Å². The van der Waals surface area contributed by atoms with Crippen LogP contribution in [-0.2, 0) is 0 Å². The van der Waals surface area contributed by atoms with Crippen molar-refractivity contribution >= 4 is 17.4 Å². The monoisotopic (exact) mass is 225 g/mol. The first-order valence-corrected chi connectivity index (χ1v) is 5.93. The van der Waals surface area contributed by atoms with Crippen LogP contribution in [0.4, 0.5) is 5.69 Å². The highest BCUT2D eigenvalue weighted by Crippen LogP contribution is 2.39. The van der Waals surface area contributed by atoms with Gasteiger partial charge >= 0.3 is 5.69 Å². The van der Waals surface area contributed by atoms with Crippen LogP contribution in [0, 0.1) is 10.1 Å². The minimum Gasteiger partial charge on any atom is -0.483 e. The number of nitro benzene ring substituents is 1. The number of rotatable bonds is 4. The summed E-state index contributed by atoms with van der Waals surface area (Å²) in [6.07, 6.45) is 4.07. The Morgan fingerprint density at radius 2 is 2.27 bits per heavy atom. The maximum atomic E-state index is 10.8. The number of para-hydroxylation sites is 1. The molecule has 1 aromatic carbocycles. The average molecular weight is 225 g/mol. The van der Waals surface area contributed by atoms with Gasteiger partial charge in [-0.25, -0.2) is 0 Å². The second-order valence-electron chi connectivity index (χ2n) is 3.38. The van der Waals surface area contributed by atoms with Crippen LogP contribution >= 0.6 is 11.8 Å². The van der Waals surface area contributed by atoms with Gasteiger partial charge < -0.3 is 4.74 Å². The third-order valence-corrected chi connectivity index (χ3v) is 2.94. The molecule has 5 heteroatoms. The van der Waals surface area contributed by atoms with E-state index in [2.05, 4.69) is 0 Å². The van der Waals surface area contributed by atoms with E-state index in [1.807, 2.05) is 12.3 Å². The molecule has 0 saturated heterocycles. The number of nitrogens with zero attached hydrogens (tertiary/aromatic N) is 1. The third kappa shape index (κ3) is 2.23. The molecule has 0 amide bonds. The maximum absolute atomic E-state index is 10.8. The molecule has 1 aromatic rings. The predicted molar refractivity (Wildman–Crippen MR) is 58.5 cm³/mol. The van der Waals surface area contributed by atoms with Gasteiger partial charge in [-0.3, -0.25) is 10.1 Å². The highest BCUT2D eigenvalue weighted by Gasteiger charge is 2.28. The van der Waals surface area contributed by atoms with E-state index in [-0.39, 0.29) is 11.8 Å². The Morgan fingerprint density at radius 3 is 2.80 bits per heavy atom. The number of hydrogen-bond acceptors (Lipinski definition) is 4. The molecule has 0 aromatic heterocycles. The van der Waals surface area contributed by atoms with Crippen LogP contribution in [0.25, 0.3) is 0 Å². The van der Waals surface area contributed by atoms with Crippen LogP contribution < -0.4 is 4.74 Å². The van der Waals surface area contributed by atoms with Crippen molar-refractivity contribution in [1.82, 2.24) is 0 Å². The first kappa shape index (κ1) is 10.3. The molecule has 0 aliphatic heterocycles. The lowest BCUT2D eigenvalue weighted by Crippen LogP contribution is -2.01. The number of benzene rings is 1. The predicted octanol–water partition coefficient (Wildman–Crippen LogP) is 2.86. The summed E-state index contributed by atoms with van der Waals surface area (Å²) in [5, 5.41) is 10.8. The zero-order chi connectivity index (χ0) is 10.8. The standard InChI is InChI=1S/C10H11NO3S/c1-15-9-4-2-3-8(11(12)13)10(9)14-7-5-6-7/h2-4,7H,5-6H2,1H3. The fraction of sp³-hybridized carbons (Fsp3) is 0.400. The summed E-state index contributed by atoms with van der Waals surface area (Å²) >= 11 is 1.47. The Labute approximate surface area is 91.8 Å². The van der Waals surface area contributed by atoms with Crippen LogP contribution in [0.3, 0.4) is 0 Å². The van der Waals surface area contributed by atoms with E-state index in [9.17, 15) is 10.1 Å². The minimum atomic E-state index is -0.391. The Kier molecular flexibility index (Phi) is 2.81. The number of ether oxygens (including phenoxy) is 1. The van der Waals surface area contributed by atoms with E-state index in [1.165, 1.54) is 17.8 Å². The number of thioether (sulfide) groups is 1. The van der Waals surface area contributed by atoms with Crippen LogP contribution in [0.2, 0.25) is 0 Å². The molecule has 4 nitrogen and oxygen atoms in total. The van der Waals surface area contributed by atoms with Crippen molar-refractivity contribution in [2.45, 2.75) is 23.8 Å². The summed E-state index contributed by atoms with van der Waals surface area (Å²) < 4.78 is 5.58. The largest absolute Gasteiger partial charge is 0.483 e. The summed E-state index contributed by atoms with van der Waals surface area (Å²) in [4.78, 5) is 11.2. The lowest BCUT2D eigenvalue weighted by Gasteiger charge is -2.08. The molecule has 2 rings (SSSR count). The van der Waals surface area contributed by atoms with Gasteiger partial charge in [0.2, 0.25) is 5.75 Å². The molecule has 0 unspecified atom stereocenters. The Bertz CT molecular complexity index is 390. The van der Waals surface area contributed by atoms with E-state index >= 15 is 0 Å². The van der Waals surface area contributed by atoms with E-state index in [0.29, 0.717) is 5.75 Å². The average Bonchev–Trinajstić information content (AvgIpc) is 3.01. The lowest BCUT2D eigenvalue weighted by atomic mass is 10.3. The molecular formula is C10H11NO3S. The smallest absolute Gasteiger partial charge is 0.312 e. The van der Waals surface area contributed by atoms with Crippen molar-refractivity contribution in [3.63, 3.8) is 0 Å². The van der Waals surface area contributed by atoms with Gasteiger partial charge in [0.05, 0.1) is 15.9 Å². The summed E-state index contributed by atoms with van der Waals surface area (Å²) in [5.74, 6) is 0.428. The summed E-state index contributed by atoms with van der Waals surface area (Å²) in [6, 6.07) is 5.01. The molecule has 0 heterocycles. The summed E-state index contributed by atoms with van der Waals surface area (Å²) in [6.45, 7) is 0. The van der Waals surface area contributed by atoms with Crippen molar-refractivity contribution in [2.75, 3.05) is 6.26 Å². The van der Waals surface area contributed by atoms with E-state index in [0.717, 1.165) is 17.7 Å². The molecule has 0 N–H and O–H groups in total. The van der Waals surface area contributed by atoms with Gasteiger partial charge in [0.25, 0.3) is 0 Å². The van der Waals surface area contributed by atoms with Gasteiger partial charge in [-0.15, -0.1) is 11.8 Å². The second-order valence-corrected chi connectivity index (χ2v) is 4.23. The normalized spacial score (nSPS) is 15.0. The SMILES string of the molecule is CSc1cccc([N+](=O)[O-])c1OC1CC1. The Balaban J connectivity index is 2.38. The first-order chi connectivity index (χ1) is 7.22. The maximum Gasteiger partial charge on any atom is 0.312 e. The molecule has 80 valence electrons. The molecular weight excluding hydrogens is 214 g/mol. The van der Waals surface area contributed by atoms with Crippen LogP contribution in [0.1, 0.15) is 12.8 Å². The first-order valence-electron chi connectivity index (χ1n) is 4.70. The number of hydrogen-bond donors (Lipinski definition) is 0. The van der Waals surface area contributed by atoms with Gasteiger partial charge in [0.1, 0.15) is 0 Å². The van der Waals surface area contributed by atoms with Gasteiger partial charge in [0.15, 0.2) is 0 Å². The Hall–Kier alpha value is -1.23. The van der Waals surface area contributed by atoms with Crippen molar-refractivity contribution in [3.05, 3.63) is 28.3 Å². The van der Waals surface area contributed by atoms with Crippen molar-refractivity contribution in [3.8, 4) is 5.75 Å². The van der Waals surface area contributed by atoms with Crippen LogP contribution in [0.15, 0.2) is 23.1 Å². The van der Waals surface area contributed by atoms with Gasteiger partial charge in [0, 0.05) is 6.07 Å². The highest BCUT2D eigenvalue weighted by molar-refractivity contribution is 7.98. The topological polar surface area (TPSA) is 52.4 Å². The van der Waals surface area contributed by atoms with Crippen LogP contribution in [-0.4, -0.2) is 17.3 Å². The minimum absolute atomic E-state index is 0.0637. The molecule has 1 aliphatic rings. The van der Waals surface area contributed by atoms with Gasteiger partial charge in [-0.1, -0.05) is 6.07 Å². The molecule has 1 aliphatic carbocycles. The zero-order valence-electron chi connectivity index (χ0n) is 8.30. The fourth-order valence-corrected chi connectivity index (χ4v) is 1.83. The molecule has 0 atom stereocenters. The molecule has 0 bridgehead atoms. The molecule has 0 radical (unpaired) electrons. The van der Waals surface area contributed by atoms with Crippen molar-refractivity contribution < 1.29 is 9.66 Å². The summed E-state index contributed by atoms with van der Waals surface area (Å²) in [7, 11) is 0. The quantitative estimate of drug-likeness (QED) is 0.449. The zero-order valence-corrected chi connectivity index (χ0v) is 9.12. The fourth-order valence-electron chi connectivity index (χ4n) is 1.28. The van der Waals surface area contributed by atoms with E-state index in [1.54, 1.807) is 6.07 Å². The highest BCUT2D eigenvalue weighted by atomic mass is 32.2. The van der Waals surface area contributed by atoms with E-state index < -0.39 is 4.92 Å². The lowest BCUT2D eigenvalue weighted by molar-refractivity contribution is -0.386. The number of nitro groups is 1. The molecule has 1 fully saturated rings.